The molecule has 5 nitrogen and oxygen atoms in total. The molecule has 1 aliphatic heterocycles. The average molecular weight is 402 g/mol. The molecule has 2 heterocycles. The van der Waals surface area contributed by atoms with E-state index >= 15 is 0 Å². The lowest BCUT2D eigenvalue weighted by molar-refractivity contribution is -0.137. The second-order valence-corrected chi connectivity index (χ2v) is 8.17. The third-order valence-corrected chi connectivity index (χ3v) is 6.02. The predicted molar refractivity (Wildman–Crippen MR) is 117 cm³/mol. The van der Waals surface area contributed by atoms with Crippen LogP contribution in [0.15, 0.2) is 48.7 Å². The number of carbonyl (C=O) groups is 1. The van der Waals surface area contributed by atoms with E-state index in [-0.39, 0.29) is 12.3 Å². The van der Waals surface area contributed by atoms with Crippen molar-refractivity contribution >= 4 is 22.6 Å². The monoisotopic (exact) mass is 402 g/mol. The van der Waals surface area contributed by atoms with Gasteiger partial charge >= 0.3 is 5.97 Å². The van der Waals surface area contributed by atoms with Gasteiger partial charge in [-0.2, -0.15) is 0 Å². The highest BCUT2D eigenvalue weighted by molar-refractivity contribution is 5.89. The predicted octanol–water partition coefficient (Wildman–Crippen LogP) is 5.53. The fourth-order valence-corrected chi connectivity index (χ4v) is 4.49. The van der Waals surface area contributed by atoms with Gasteiger partial charge in [0.05, 0.1) is 13.0 Å². The first-order valence-corrected chi connectivity index (χ1v) is 10.4. The molecule has 1 saturated heterocycles. The fraction of sp³-hybridized carbons (Fsp3) is 0.360. The normalized spacial score (nSPS) is 15.7. The number of carboxylic acids is 1. The van der Waals surface area contributed by atoms with Crippen LogP contribution in [0.1, 0.15) is 41.9 Å². The molecule has 3 aromatic rings. The van der Waals surface area contributed by atoms with Gasteiger partial charge < -0.3 is 14.4 Å². The number of rotatable bonds is 6. The van der Waals surface area contributed by atoms with E-state index in [9.17, 15) is 9.90 Å². The number of carboxylic acid groups (broad SMARTS) is 1. The summed E-state index contributed by atoms with van der Waals surface area (Å²) in [7, 11) is 0. The highest BCUT2D eigenvalue weighted by atomic mass is 16.5. The highest BCUT2D eigenvalue weighted by Gasteiger charge is 2.24. The topological polar surface area (TPSA) is 55.8 Å². The first-order valence-electron chi connectivity index (χ1n) is 10.4. The molecular weight excluding hydrogens is 376 g/mol. The van der Waals surface area contributed by atoms with Crippen molar-refractivity contribution in [3.63, 3.8) is 0 Å². The Kier molecular flexibility index (Phi) is 5.87. The Bertz CT molecular complexity index is 1100. The van der Waals surface area contributed by atoms with Crippen LogP contribution in [0.25, 0.3) is 15.7 Å². The third kappa shape index (κ3) is 4.24. The zero-order valence-corrected chi connectivity index (χ0v) is 17.2. The van der Waals surface area contributed by atoms with Crippen LogP contribution < -0.4 is 0 Å². The van der Waals surface area contributed by atoms with Gasteiger partial charge in [-0.05, 0) is 54.3 Å². The zero-order valence-electron chi connectivity index (χ0n) is 17.2. The van der Waals surface area contributed by atoms with Gasteiger partial charge in [0.25, 0.3) is 0 Å². The molecule has 1 unspecified atom stereocenters. The summed E-state index contributed by atoms with van der Waals surface area (Å²) in [5.74, 6) is -0.547. The van der Waals surface area contributed by atoms with E-state index in [0.29, 0.717) is 11.6 Å². The summed E-state index contributed by atoms with van der Waals surface area (Å²) >= 11 is 0. The second-order valence-electron chi connectivity index (χ2n) is 8.17. The fourth-order valence-electron chi connectivity index (χ4n) is 4.49. The SMILES string of the molecule is [C-]#[N+]c1ccc2c(c1)c(C(CC(=O)O)c1cccc(C)c1)cn2CC1CCOCC1. The van der Waals surface area contributed by atoms with Gasteiger partial charge in [-0.25, -0.2) is 4.85 Å². The number of aliphatic carboxylic acids is 1. The minimum atomic E-state index is -0.826. The summed E-state index contributed by atoms with van der Waals surface area (Å²) in [6.45, 7) is 11.9. The van der Waals surface area contributed by atoms with E-state index in [0.717, 1.165) is 60.2 Å². The molecule has 0 spiro atoms. The van der Waals surface area contributed by atoms with Gasteiger partial charge in [0.2, 0.25) is 0 Å². The molecule has 0 aliphatic carbocycles. The molecule has 0 bridgehead atoms. The number of fused-ring (bicyclic) bond motifs is 1. The summed E-state index contributed by atoms with van der Waals surface area (Å²) in [4.78, 5) is 15.4. The number of benzene rings is 2. The first kappa shape index (κ1) is 20.2. The van der Waals surface area contributed by atoms with Crippen LogP contribution in [0.2, 0.25) is 0 Å². The number of nitrogens with zero attached hydrogens (tertiary/aromatic N) is 2. The Balaban J connectivity index is 1.84. The van der Waals surface area contributed by atoms with Crippen LogP contribution in [0.5, 0.6) is 0 Å². The van der Waals surface area contributed by atoms with Crippen LogP contribution in [-0.4, -0.2) is 28.9 Å². The molecule has 0 amide bonds. The number of hydrogen-bond acceptors (Lipinski definition) is 2. The Morgan fingerprint density at radius 2 is 2.07 bits per heavy atom. The first-order chi connectivity index (χ1) is 14.5. The van der Waals surface area contributed by atoms with Crippen molar-refractivity contribution in [2.75, 3.05) is 13.2 Å². The van der Waals surface area contributed by atoms with Crippen LogP contribution in [0.4, 0.5) is 5.69 Å². The summed E-state index contributed by atoms with van der Waals surface area (Å²) in [6.07, 6.45) is 4.20. The second kappa shape index (κ2) is 8.73. The number of ether oxygens (including phenoxy) is 1. The van der Waals surface area contributed by atoms with Crippen molar-refractivity contribution in [3.8, 4) is 0 Å². The number of hydrogen-bond donors (Lipinski definition) is 1. The van der Waals surface area contributed by atoms with Crippen molar-refractivity contribution in [1.29, 1.82) is 0 Å². The quantitative estimate of drug-likeness (QED) is 0.551. The maximum Gasteiger partial charge on any atom is 0.304 e. The van der Waals surface area contributed by atoms with Crippen molar-refractivity contribution in [2.24, 2.45) is 5.92 Å². The third-order valence-electron chi connectivity index (χ3n) is 6.02. The smallest absolute Gasteiger partial charge is 0.304 e. The molecule has 0 radical (unpaired) electrons. The molecule has 4 rings (SSSR count). The summed E-state index contributed by atoms with van der Waals surface area (Å²) in [5, 5.41) is 10.6. The Morgan fingerprint density at radius 3 is 2.77 bits per heavy atom. The van der Waals surface area contributed by atoms with Crippen LogP contribution in [0, 0.1) is 19.4 Å². The van der Waals surface area contributed by atoms with E-state index in [1.165, 1.54) is 0 Å². The number of aromatic nitrogens is 1. The lowest BCUT2D eigenvalue weighted by Gasteiger charge is -2.23. The lowest BCUT2D eigenvalue weighted by Crippen LogP contribution is -2.20. The van der Waals surface area contributed by atoms with Gasteiger partial charge in [-0.3, -0.25) is 4.79 Å². The lowest BCUT2D eigenvalue weighted by atomic mass is 9.87. The molecule has 1 aromatic heterocycles. The van der Waals surface area contributed by atoms with Crippen molar-refractivity contribution in [2.45, 2.75) is 38.6 Å². The molecule has 5 heteroatoms. The Labute approximate surface area is 176 Å². The zero-order chi connectivity index (χ0) is 21.1. The Hall–Kier alpha value is -3.10. The summed E-state index contributed by atoms with van der Waals surface area (Å²) < 4.78 is 7.75. The molecular formula is C25H26N2O3. The van der Waals surface area contributed by atoms with Gasteiger partial charge in [-0.1, -0.05) is 35.9 Å². The van der Waals surface area contributed by atoms with Crippen molar-refractivity contribution < 1.29 is 14.6 Å². The molecule has 0 saturated carbocycles. The number of aryl methyl sites for hydroxylation is 1. The summed E-state index contributed by atoms with van der Waals surface area (Å²) in [5.41, 5.74) is 4.72. The Morgan fingerprint density at radius 1 is 1.27 bits per heavy atom. The molecule has 1 N–H and O–H groups in total. The van der Waals surface area contributed by atoms with Gasteiger partial charge in [0.15, 0.2) is 5.69 Å². The standard InChI is InChI=1S/C25H26N2O3/c1-17-4-3-5-19(12-17)21(14-25(28)29)23-16-27(15-18-8-10-30-11-9-18)24-7-6-20(26-2)13-22(23)24/h3-7,12-13,16,18,21H,8-11,14-15H2,1H3,(H,28,29). The minimum absolute atomic E-state index is 0.0160. The van der Waals surface area contributed by atoms with E-state index in [4.69, 9.17) is 11.3 Å². The molecule has 1 aliphatic rings. The van der Waals surface area contributed by atoms with E-state index in [2.05, 4.69) is 21.7 Å². The van der Waals surface area contributed by atoms with Gasteiger partial charge in [-0.15, -0.1) is 0 Å². The molecule has 1 fully saturated rings. The van der Waals surface area contributed by atoms with Crippen LogP contribution in [0.3, 0.4) is 0 Å². The highest BCUT2D eigenvalue weighted by Crippen LogP contribution is 2.37. The van der Waals surface area contributed by atoms with E-state index in [1.807, 2.05) is 43.3 Å². The van der Waals surface area contributed by atoms with Gasteiger partial charge in [0, 0.05) is 37.4 Å². The minimum Gasteiger partial charge on any atom is -0.481 e. The van der Waals surface area contributed by atoms with E-state index in [1.54, 1.807) is 0 Å². The largest absolute Gasteiger partial charge is 0.481 e. The average Bonchev–Trinajstić information content (AvgIpc) is 3.10. The van der Waals surface area contributed by atoms with E-state index < -0.39 is 5.97 Å². The molecule has 1 atom stereocenters. The molecule has 30 heavy (non-hydrogen) atoms. The summed E-state index contributed by atoms with van der Waals surface area (Å²) in [6, 6.07) is 13.8. The maximum absolute atomic E-state index is 11.8. The van der Waals surface area contributed by atoms with Crippen molar-refractivity contribution in [3.05, 3.63) is 76.8 Å². The van der Waals surface area contributed by atoms with Crippen LogP contribution in [-0.2, 0) is 16.1 Å². The van der Waals surface area contributed by atoms with Crippen molar-refractivity contribution in [1.82, 2.24) is 4.57 Å². The molecule has 2 aromatic carbocycles. The molecule has 154 valence electrons. The maximum atomic E-state index is 11.8. The van der Waals surface area contributed by atoms with Gasteiger partial charge in [0.1, 0.15) is 0 Å². The van der Waals surface area contributed by atoms with Crippen LogP contribution >= 0.6 is 0 Å².